The molecule has 0 radical (unpaired) electrons. The van der Waals surface area contributed by atoms with Crippen LogP contribution in [0.1, 0.15) is 24.8 Å². The number of amides is 1. The van der Waals surface area contributed by atoms with Gasteiger partial charge in [0.2, 0.25) is 0 Å². The fourth-order valence-electron chi connectivity index (χ4n) is 4.10. The number of cyclic esters (lactones) is 1. The smallest absolute Gasteiger partial charge is 0.417 e. The fourth-order valence-corrected chi connectivity index (χ4v) is 4.10. The van der Waals surface area contributed by atoms with Gasteiger partial charge in [-0.2, -0.15) is 13.2 Å². The molecule has 4 N–H and O–H groups in total. The average Bonchev–Trinajstić information content (AvgIpc) is 3.18. The molecular weight excluding hydrogens is 503 g/mol. The molecule has 12 heteroatoms. The first-order valence-electron chi connectivity index (χ1n) is 10.8. The number of carbonyl (C=O) groups excluding carboxylic acids is 1. The second-order valence-corrected chi connectivity index (χ2v) is 8.32. The maximum absolute atomic E-state index is 13.4. The third-order valence-electron chi connectivity index (χ3n) is 5.90. The molecular formula is C24H23ClF3N3O5. The summed E-state index contributed by atoms with van der Waals surface area (Å²) in [7, 11) is 0. The van der Waals surface area contributed by atoms with Crippen LogP contribution in [0.2, 0.25) is 0 Å². The van der Waals surface area contributed by atoms with Gasteiger partial charge in [-0.1, -0.05) is 24.3 Å². The number of carbonyl (C=O) groups is 2. The van der Waals surface area contributed by atoms with Crippen LogP contribution >= 0.6 is 12.4 Å². The molecule has 4 rings (SSSR count). The molecule has 0 aliphatic carbocycles. The normalized spacial score (nSPS) is 16.5. The van der Waals surface area contributed by atoms with E-state index in [0.717, 1.165) is 6.07 Å². The van der Waals surface area contributed by atoms with Crippen LogP contribution in [0, 0.1) is 0 Å². The first-order valence-corrected chi connectivity index (χ1v) is 10.8. The number of carboxylic acid groups (broad SMARTS) is 1. The summed E-state index contributed by atoms with van der Waals surface area (Å²) in [5.74, 6) is -1.10. The molecule has 2 aromatic carbocycles. The van der Waals surface area contributed by atoms with Gasteiger partial charge >= 0.3 is 18.2 Å². The van der Waals surface area contributed by atoms with Crippen molar-refractivity contribution >= 4 is 40.9 Å². The predicted molar refractivity (Wildman–Crippen MR) is 129 cm³/mol. The van der Waals surface area contributed by atoms with Crippen molar-refractivity contribution in [2.45, 2.75) is 37.6 Å². The Morgan fingerprint density at radius 2 is 1.92 bits per heavy atom. The number of carboxylic acids is 1. The van der Waals surface area contributed by atoms with E-state index in [1.54, 1.807) is 12.1 Å². The van der Waals surface area contributed by atoms with Gasteiger partial charge in [0.05, 0.1) is 12.1 Å². The molecule has 1 saturated heterocycles. The van der Waals surface area contributed by atoms with Crippen molar-refractivity contribution in [2.75, 3.05) is 11.4 Å². The van der Waals surface area contributed by atoms with Crippen molar-refractivity contribution in [1.82, 2.24) is 4.98 Å². The van der Waals surface area contributed by atoms with E-state index in [1.165, 1.54) is 35.2 Å². The van der Waals surface area contributed by atoms with E-state index < -0.39 is 41.5 Å². The van der Waals surface area contributed by atoms with Crippen LogP contribution in [0.3, 0.4) is 0 Å². The number of rotatable bonds is 7. The first-order chi connectivity index (χ1) is 16.5. The molecule has 0 bridgehead atoms. The van der Waals surface area contributed by atoms with E-state index in [2.05, 4.69) is 4.98 Å². The molecule has 2 heterocycles. The van der Waals surface area contributed by atoms with Gasteiger partial charge in [0, 0.05) is 22.3 Å². The number of ether oxygens (including phenoxy) is 1. The second-order valence-electron chi connectivity index (χ2n) is 8.32. The molecule has 1 aliphatic rings. The van der Waals surface area contributed by atoms with E-state index in [-0.39, 0.29) is 42.0 Å². The SMILES string of the molecule is Cl.N[C@@H](CCCC1CN(c2ccc3cc(-c4ccccc4C(F)(F)F)[nH]c(=O)c3c2)C(=O)O1)C(=O)O. The van der Waals surface area contributed by atoms with Gasteiger partial charge in [-0.05, 0) is 48.9 Å². The van der Waals surface area contributed by atoms with Gasteiger partial charge in [0.25, 0.3) is 5.56 Å². The predicted octanol–water partition coefficient (Wildman–Crippen LogP) is 4.54. The highest BCUT2D eigenvalue weighted by molar-refractivity contribution is 5.94. The summed E-state index contributed by atoms with van der Waals surface area (Å²) in [4.78, 5) is 39.8. The lowest BCUT2D eigenvalue weighted by atomic mass is 10.0. The van der Waals surface area contributed by atoms with Crippen molar-refractivity contribution in [3.05, 3.63) is 64.4 Å². The van der Waals surface area contributed by atoms with Crippen molar-refractivity contribution in [3.63, 3.8) is 0 Å². The number of hydrogen-bond donors (Lipinski definition) is 3. The van der Waals surface area contributed by atoms with Crippen molar-refractivity contribution in [1.29, 1.82) is 0 Å². The summed E-state index contributed by atoms with van der Waals surface area (Å²) in [6, 6.07) is 10.1. The van der Waals surface area contributed by atoms with Gasteiger partial charge in [0.1, 0.15) is 12.1 Å². The van der Waals surface area contributed by atoms with Crippen LogP contribution in [-0.2, 0) is 15.7 Å². The lowest BCUT2D eigenvalue weighted by Gasteiger charge is -2.15. The number of anilines is 1. The van der Waals surface area contributed by atoms with Crippen LogP contribution in [0.25, 0.3) is 22.0 Å². The summed E-state index contributed by atoms with van der Waals surface area (Å²) in [6.45, 7) is 0.210. The largest absolute Gasteiger partial charge is 0.480 e. The molecule has 36 heavy (non-hydrogen) atoms. The Morgan fingerprint density at radius 1 is 1.19 bits per heavy atom. The van der Waals surface area contributed by atoms with Gasteiger partial charge in [-0.25, -0.2) is 4.79 Å². The summed E-state index contributed by atoms with van der Waals surface area (Å²) in [5.41, 5.74) is 4.32. The Bertz CT molecular complexity index is 1340. The van der Waals surface area contributed by atoms with Crippen LogP contribution in [0.5, 0.6) is 0 Å². The van der Waals surface area contributed by atoms with Gasteiger partial charge in [-0.3, -0.25) is 14.5 Å². The molecule has 1 amide bonds. The van der Waals surface area contributed by atoms with Crippen molar-refractivity contribution in [3.8, 4) is 11.3 Å². The summed E-state index contributed by atoms with van der Waals surface area (Å²) in [6.07, 6.45) is -4.52. The van der Waals surface area contributed by atoms with E-state index >= 15 is 0 Å². The molecule has 3 aromatic rings. The number of halogens is 4. The molecule has 1 aromatic heterocycles. The number of nitrogens with zero attached hydrogens (tertiary/aromatic N) is 1. The zero-order chi connectivity index (χ0) is 25.3. The summed E-state index contributed by atoms with van der Waals surface area (Å²) >= 11 is 0. The van der Waals surface area contributed by atoms with Crippen LogP contribution in [-0.4, -0.2) is 40.8 Å². The monoisotopic (exact) mass is 525 g/mol. The number of aromatic amines is 1. The Hall–Kier alpha value is -3.57. The van der Waals surface area contributed by atoms with Gasteiger partial charge in [0.15, 0.2) is 0 Å². The van der Waals surface area contributed by atoms with Gasteiger partial charge in [-0.15, -0.1) is 12.4 Å². The third-order valence-corrected chi connectivity index (χ3v) is 5.90. The van der Waals surface area contributed by atoms with E-state index in [4.69, 9.17) is 15.6 Å². The standard InChI is InChI=1S/C24H22F3N3O5.ClH/c25-24(26,27)18-6-2-1-5-16(18)20-10-13-8-9-14(11-17(13)21(31)29-20)30-12-15(35-23(30)34)4-3-7-19(28)22(32)33;/h1-2,5-6,8-11,15,19H,3-4,7,12,28H2,(H,29,31)(H,32,33);1H/t15?,19-;/m0./s1. The number of pyridine rings is 1. The highest BCUT2D eigenvalue weighted by atomic mass is 35.5. The maximum Gasteiger partial charge on any atom is 0.417 e. The molecule has 1 unspecified atom stereocenters. The number of aliphatic carboxylic acids is 1. The number of H-pyrrole nitrogens is 1. The summed E-state index contributed by atoms with van der Waals surface area (Å²) < 4.78 is 45.6. The number of alkyl halides is 3. The second kappa shape index (κ2) is 10.6. The minimum atomic E-state index is -4.59. The molecule has 2 atom stereocenters. The Kier molecular flexibility index (Phi) is 7.95. The van der Waals surface area contributed by atoms with Crippen LogP contribution < -0.4 is 16.2 Å². The topological polar surface area (TPSA) is 126 Å². The van der Waals surface area contributed by atoms with Crippen molar-refractivity contribution in [2.24, 2.45) is 5.73 Å². The van der Waals surface area contributed by atoms with Crippen LogP contribution in [0.15, 0.2) is 53.3 Å². The van der Waals surface area contributed by atoms with E-state index in [0.29, 0.717) is 23.9 Å². The number of nitrogens with two attached hydrogens (primary N) is 1. The lowest BCUT2D eigenvalue weighted by Crippen LogP contribution is -2.30. The number of benzene rings is 2. The molecule has 1 aliphatic heterocycles. The minimum Gasteiger partial charge on any atom is -0.480 e. The lowest BCUT2D eigenvalue weighted by molar-refractivity contribution is -0.139. The Balaban J connectivity index is 0.00000361. The van der Waals surface area contributed by atoms with Crippen LogP contribution in [0.4, 0.5) is 23.7 Å². The molecule has 192 valence electrons. The average molecular weight is 526 g/mol. The van der Waals surface area contributed by atoms with E-state index in [9.17, 15) is 27.6 Å². The maximum atomic E-state index is 13.4. The minimum absolute atomic E-state index is 0. The zero-order valence-electron chi connectivity index (χ0n) is 18.7. The fraction of sp³-hybridized carbons (Fsp3) is 0.292. The number of aromatic nitrogens is 1. The van der Waals surface area contributed by atoms with Crippen molar-refractivity contribution < 1.29 is 32.6 Å². The number of nitrogens with one attached hydrogen (secondary N) is 1. The quantitative estimate of drug-likeness (QED) is 0.416. The molecule has 1 fully saturated rings. The highest BCUT2D eigenvalue weighted by Crippen LogP contribution is 2.36. The zero-order valence-corrected chi connectivity index (χ0v) is 19.6. The first kappa shape index (κ1) is 27.0. The Labute approximate surface area is 209 Å². The molecule has 8 nitrogen and oxygen atoms in total. The van der Waals surface area contributed by atoms with Gasteiger partial charge < -0.3 is 20.6 Å². The molecule has 0 spiro atoms. The van der Waals surface area contributed by atoms with E-state index in [1.807, 2.05) is 0 Å². The Morgan fingerprint density at radius 3 is 2.61 bits per heavy atom. The number of fused-ring (bicyclic) bond motifs is 1. The highest BCUT2D eigenvalue weighted by Gasteiger charge is 2.34. The molecule has 0 saturated carbocycles. The summed E-state index contributed by atoms with van der Waals surface area (Å²) in [5, 5.41) is 9.47. The number of hydrogen-bond acceptors (Lipinski definition) is 5. The third kappa shape index (κ3) is 5.63.